The van der Waals surface area contributed by atoms with E-state index in [1.54, 1.807) is 6.21 Å². The summed E-state index contributed by atoms with van der Waals surface area (Å²) in [5.74, 6) is -2.77. The number of carbonyl (C=O) groups is 3. The van der Waals surface area contributed by atoms with Gasteiger partial charge in [-0.3, -0.25) is 19.4 Å². The zero-order valence-corrected chi connectivity index (χ0v) is 20.7. The van der Waals surface area contributed by atoms with Crippen molar-refractivity contribution in [3.05, 3.63) is 93.8 Å². The molecular weight excluding hydrogens is 489 g/mol. The molecule has 2 heterocycles. The number of phenolic OH excluding ortho intramolecular Hbond substituents is 1. The summed E-state index contributed by atoms with van der Waals surface area (Å²) in [5, 5.41) is 16.2. The van der Waals surface area contributed by atoms with E-state index < -0.39 is 22.9 Å². The average molecular weight is 516 g/mol. The first-order chi connectivity index (χ1) is 18.4. The minimum absolute atomic E-state index is 0.0111. The number of amides is 1. The number of phenols is 1. The number of benzene rings is 3. The van der Waals surface area contributed by atoms with Crippen LogP contribution in [0.15, 0.2) is 59.6 Å². The smallest absolute Gasteiger partial charge is 0.251 e. The van der Waals surface area contributed by atoms with E-state index in [4.69, 9.17) is 4.74 Å². The second-order valence-corrected chi connectivity index (χ2v) is 9.39. The molecule has 3 aromatic rings. The number of aromatic hydroxyl groups is 1. The fraction of sp³-hybridized carbons (Fsp3) is 0.241. The highest BCUT2D eigenvalue weighted by molar-refractivity contribution is 6.11. The number of ether oxygens (including phenoxy) is 1. The number of hydrogen-bond donors (Lipinski definition) is 3. The molecule has 1 saturated heterocycles. The number of hydrogen-bond acceptors (Lipinski definition) is 7. The van der Waals surface area contributed by atoms with Crippen LogP contribution in [0.3, 0.4) is 0 Å². The van der Waals surface area contributed by atoms with Crippen LogP contribution in [0.2, 0.25) is 0 Å². The Morgan fingerprint density at radius 2 is 1.79 bits per heavy atom. The van der Waals surface area contributed by atoms with Gasteiger partial charge in [0, 0.05) is 54.4 Å². The maximum atomic E-state index is 14.6. The molecule has 2 atom stereocenters. The number of halogens is 1. The van der Waals surface area contributed by atoms with Crippen molar-refractivity contribution < 1.29 is 28.6 Å². The third-order valence-corrected chi connectivity index (χ3v) is 7.00. The predicted molar refractivity (Wildman–Crippen MR) is 139 cm³/mol. The van der Waals surface area contributed by atoms with Crippen molar-refractivity contribution in [1.29, 1.82) is 0 Å². The monoisotopic (exact) mass is 515 g/mol. The molecule has 2 aliphatic heterocycles. The van der Waals surface area contributed by atoms with E-state index in [2.05, 4.69) is 15.6 Å². The Bertz CT molecular complexity index is 1450. The Hall–Kier alpha value is -4.37. The van der Waals surface area contributed by atoms with Crippen LogP contribution in [0.4, 0.5) is 4.39 Å². The van der Waals surface area contributed by atoms with Gasteiger partial charge >= 0.3 is 0 Å². The average Bonchev–Trinajstić information content (AvgIpc) is 3.57. The lowest BCUT2D eigenvalue weighted by Crippen LogP contribution is -2.41. The number of ketones is 2. The first-order valence-electron chi connectivity index (χ1n) is 12.2. The second kappa shape index (κ2) is 10.5. The molecule has 0 spiro atoms. The molecule has 8 nitrogen and oxygen atoms in total. The number of nitrogens with zero attached hydrogens (tertiary/aromatic N) is 1. The molecule has 38 heavy (non-hydrogen) atoms. The lowest BCUT2D eigenvalue weighted by molar-refractivity contribution is 0.0902. The molecule has 3 aromatic carbocycles. The summed E-state index contributed by atoms with van der Waals surface area (Å²) < 4.78 is 19.5. The molecule has 9 heteroatoms. The third kappa shape index (κ3) is 4.92. The maximum Gasteiger partial charge on any atom is 0.251 e. The SMILES string of the molecule is COc1ccc(O)c(C(=O)c2ccc(C(=O)N[C@@H]3CNC[C@H]3CC(=O)c3ccc4c(c3)C=NC4)cc2)c1F. The number of rotatable bonds is 8. The van der Waals surface area contributed by atoms with E-state index in [0.717, 1.165) is 11.1 Å². The van der Waals surface area contributed by atoms with Gasteiger partial charge in [-0.05, 0) is 41.5 Å². The van der Waals surface area contributed by atoms with Gasteiger partial charge in [0.2, 0.25) is 0 Å². The van der Waals surface area contributed by atoms with Crippen molar-refractivity contribution in [2.45, 2.75) is 19.0 Å². The largest absolute Gasteiger partial charge is 0.507 e. The summed E-state index contributed by atoms with van der Waals surface area (Å²) >= 11 is 0. The highest BCUT2D eigenvalue weighted by Crippen LogP contribution is 2.30. The normalized spacial score (nSPS) is 17.7. The molecule has 0 unspecified atom stereocenters. The zero-order valence-electron chi connectivity index (χ0n) is 20.7. The molecule has 3 N–H and O–H groups in total. The van der Waals surface area contributed by atoms with Crippen LogP contribution in [-0.2, 0) is 6.54 Å². The van der Waals surface area contributed by atoms with Crippen molar-refractivity contribution in [3.63, 3.8) is 0 Å². The fourth-order valence-corrected chi connectivity index (χ4v) is 4.84. The minimum Gasteiger partial charge on any atom is -0.507 e. The van der Waals surface area contributed by atoms with Crippen molar-refractivity contribution >= 4 is 23.7 Å². The lowest BCUT2D eigenvalue weighted by atomic mass is 9.92. The van der Waals surface area contributed by atoms with Crippen LogP contribution in [-0.4, -0.2) is 55.0 Å². The van der Waals surface area contributed by atoms with Gasteiger partial charge in [-0.2, -0.15) is 0 Å². The molecule has 0 radical (unpaired) electrons. The molecule has 0 saturated carbocycles. The molecule has 0 aromatic heterocycles. The van der Waals surface area contributed by atoms with E-state index >= 15 is 0 Å². The van der Waals surface area contributed by atoms with E-state index in [0.29, 0.717) is 30.8 Å². The Kier molecular flexibility index (Phi) is 7.02. The summed E-state index contributed by atoms with van der Waals surface area (Å²) in [6.45, 7) is 1.78. The Morgan fingerprint density at radius 3 is 2.55 bits per heavy atom. The minimum atomic E-state index is -0.957. The third-order valence-electron chi connectivity index (χ3n) is 7.00. The van der Waals surface area contributed by atoms with Crippen LogP contribution < -0.4 is 15.4 Å². The Morgan fingerprint density at radius 1 is 1.05 bits per heavy atom. The van der Waals surface area contributed by atoms with Gasteiger partial charge in [0.05, 0.1) is 13.7 Å². The first kappa shape index (κ1) is 25.3. The molecule has 0 bridgehead atoms. The molecule has 1 amide bonds. The maximum absolute atomic E-state index is 14.6. The highest BCUT2D eigenvalue weighted by atomic mass is 19.1. The van der Waals surface area contributed by atoms with E-state index in [-0.39, 0.29) is 41.4 Å². The topological polar surface area (TPSA) is 117 Å². The van der Waals surface area contributed by atoms with Gasteiger partial charge in [0.1, 0.15) is 11.3 Å². The molecular formula is C29H26FN3O5. The lowest BCUT2D eigenvalue weighted by Gasteiger charge is -2.20. The summed E-state index contributed by atoms with van der Waals surface area (Å²) in [5.41, 5.74) is 2.62. The number of carbonyl (C=O) groups excluding carboxylic acids is 3. The van der Waals surface area contributed by atoms with Gasteiger partial charge in [-0.15, -0.1) is 0 Å². The van der Waals surface area contributed by atoms with Gasteiger partial charge in [0.15, 0.2) is 23.1 Å². The van der Waals surface area contributed by atoms with Crippen molar-refractivity contribution in [2.24, 2.45) is 10.9 Å². The highest BCUT2D eigenvalue weighted by Gasteiger charge is 2.31. The summed E-state index contributed by atoms with van der Waals surface area (Å²) in [6, 6.07) is 13.5. The Labute approximate surface area is 218 Å². The molecule has 1 fully saturated rings. The number of aliphatic imine (C=N–C) groups is 1. The number of nitrogens with one attached hydrogen (secondary N) is 2. The molecule has 2 aliphatic rings. The summed E-state index contributed by atoms with van der Waals surface area (Å²) in [6.07, 6.45) is 2.07. The standard InChI is InChI=1S/C29H26FN3O5/c1-38-25-9-8-23(34)26(27(25)30)28(36)16-2-4-17(5-3-16)29(37)33-22-15-32-14-21(22)11-24(35)18-6-7-19-12-31-13-20(19)10-18/h2-10,13,21-22,32,34H,11-12,14-15H2,1H3,(H,33,37)/t21-,22-/m1/s1. The first-order valence-corrected chi connectivity index (χ1v) is 12.2. The van der Waals surface area contributed by atoms with Crippen LogP contribution >= 0.6 is 0 Å². The summed E-state index contributed by atoms with van der Waals surface area (Å²) in [4.78, 5) is 42.9. The van der Waals surface area contributed by atoms with E-state index in [9.17, 15) is 23.9 Å². The van der Waals surface area contributed by atoms with Crippen molar-refractivity contribution in [2.75, 3.05) is 20.2 Å². The van der Waals surface area contributed by atoms with Crippen LogP contribution in [0.1, 0.15) is 54.2 Å². The quantitative estimate of drug-likeness (QED) is 0.397. The van der Waals surface area contributed by atoms with Crippen LogP contribution in [0.5, 0.6) is 11.5 Å². The number of fused-ring (bicyclic) bond motifs is 1. The van der Waals surface area contributed by atoms with Gasteiger partial charge in [-0.1, -0.05) is 24.3 Å². The van der Waals surface area contributed by atoms with Gasteiger partial charge < -0.3 is 20.5 Å². The molecule has 0 aliphatic carbocycles. The zero-order chi connectivity index (χ0) is 26.8. The van der Waals surface area contributed by atoms with Crippen LogP contribution in [0.25, 0.3) is 0 Å². The number of Topliss-reactive ketones (excluding diaryl/α,β-unsaturated/α-hetero) is 1. The van der Waals surface area contributed by atoms with Crippen molar-refractivity contribution in [1.82, 2.24) is 10.6 Å². The second-order valence-electron chi connectivity index (χ2n) is 9.39. The van der Waals surface area contributed by atoms with E-state index in [1.807, 2.05) is 18.2 Å². The molecule has 194 valence electrons. The van der Waals surface area contributed by atoms with Crippen molar-refractivity contribution in [3.8, 4) is 11.5 Å². The predicted octanol–water partition coefficient (Wildman–Crippen LogP) is 3.29. The van der Waals surface area contributed by atoms with Crippen LogP contribution in [0, 0.1) is 11.7 Å². The fourth-order valence-electron chi connectivity index (χ4n) is 4.84. The Balaban J connectivity index is 1.24. The van der Waals surface area contributed by atoms with Gasteiger partial charge in [0.25, 0.3) is 5.91 Å². The van der Waals surface area contributed by atoms with Gasteiger partial charge in [-0.25, -0.2) is 4.39 Å². The summed E-state index contributed by atoms with van der Waals surface area (Å²) in [7, 11) is 1.26. The number of methoxy groups -OCH3 is 1. The molecule has 5 rings (SSSR count). The van der Waals surface area contributed by atoms with E-state index in [1.165, 1.54) is 43.5 Å².